The minimum absolute atomic E-state index is 0.0991. The van der Waals surface area contributed by atoms with Crippen LogP contribution in [0.1, 0.15) is 11.3 Å². The molecule has 0 spiro atoms. The third kappa shape index (κ3) is 2.47. The van der Waals surface area contributed by atoms with Gasteiger partial charge in [-0.15, -0.1) is 5.10 Å². The zero-order chi connectivity index (χ0) is 15.1. The first-order valence-electron chi connectivity index (χ1n) is 5.10. The lowest BCUT2D eigenvalue weighted by Crippen LogP contribution is -2.19. The quantitative estimate of drug-likeness (QED) is 0.726. The molecule has 20 heavy (non-hydrogen) atoms. The van der Waals surface area contributed by atoms with Crippen LogP contribution in [0.15, 0.2) is 30.3 Å². The highest BCUT2D eigenvalue weighted by atomic mass is 19.4. The molecule has 0 radical (unpaired) electrons. The average Bonchev–Trinajstić information content (AvgIpc) is 2.67. The van der Waals surface area contributed by atoms with Crippen molar-refractivity contribution >= 4 is 0 Å². The third-order valence-corrected chi connectivity index (χ3v) is 2.40. The summed E-state index contributed by atoms with van der Waals surface area (Å²) in [5.41, 5.74) is -4.93. The Morgan fingerprint density at radius 2 is 1.40 bits per heavy atom. The van der Waals surface area contributed by atoms with Gasteiger partial charge in [0.2, 0.25) is 5.95 Å². The molecule has 1 aromatic heterocycles. The Kier molecular flexibility index (Phi) is 3.23. The van der Waals surface area contributed by atoms with Crippen LogP contribution >= 0.6 is 0 Å². The Bertz CT molecular complexity index is 610. The Hall–Kier alpha value is -2.06. The molecule has 108 valence electrons. The largest absolute Gasteiger partial charge is 0.434 e. The van der Waals surface area contributed by atoms with E-state index in [-0.39, 0.29) is 10.4 Å². The van der Waals surface area contributed by atoms with Crippen LogP contribution in [0.2, 0.25) is 0 Å². The van der Waals surface area contributed by atoms with Crippen molar-refractivity contribution in [2.45, 2.75) is 12.4 Å². The van der Waals surface area contributed by atoms with E-state index in [0.29, 0.717) is 0 Å². The molecule has 0 N–H and O–H groups in total. The van der Waals surface area contributed by atoms with E-state index in [0.717, 1.165) is 12.1 Å². The lowest BCUT2D eigenvalue weighted by Gasteiger charge is -2.13. The first-order chi connectivity index (χ1) is 9.12. The molecule has 9 heteroatoms. The van der Waals surface area contributed by atoms with Crippen LogP contribution in [0.4, 0.5) is 30.7 Å². The van der Waals surface area contributed by atoms with Gasteiger partial charge in [0.1, 0.15) is 5.56 Å². The van der Waals surface area contributed by atoms with Crippen molar-refractivity contribution in [3.8, 4) is 5.69 Å². The van der Waals surface area contributed by atoms with Crippen molar-refractivity contribution in [3.05, 3.63) is 47.5 Å². The Labute approximate surface area is 107 Å². The number of rotatable bonds is 1. The molecule has 0 fully saturated rings. The minimum Gasteiger partial charge on any atom is -0.225 e. The number of hydrogen-bond acceptors (Lipinski definition) is 1. The van der Waals surface area contributed by atoms with E-state index >= 15 is 0 Å². The van der Waals surface area contributed by atoms with Gasteiger partial charge in [-0.2, -0.15) is 30.7 Å². The maximum absolute atomic E-state index is 13.2. The van der Waals surface area contributed by atoms with E-state index in [2.05, 4.69) is 5.10 Å². The van der Waals surface area contributed by atoms with Crippen molar-refractivity contribution in [2.75, 3.05) is 0 Å². The van der Waals surface area contributed by atoms with Crippen LogP contribution in [0.5, 0.6) is 0 Å². The molecule has 1 aromatic carbocycles. The Morgan fingerprint density at radius 3 is 1.85 bits per heavy atom. The molecular formula is C11H5F7N2. The van der Waals surface area contributed by atoms with Crippen LogP contribution in [0.3, 0.4) is 0 Å². The third-order valence-electron chi connectivity index (χ3n) is 2.40. The van der Waals surface area contributed by atoms with Crippen molar-refractivity contribution in [2.24, 2.45) is 0 Å². The van der Waals surface area contributed by atoms with Gasteiger partial charge in [-0.25, -0.2) is 4.68 Å². The lowest BCUT2D eigenvalue weighted by atomic mass is 10.2. The van der Waals surface area contributed by atoms with Gasteiger partial charge in [-0.1, -0.05) is 18.2 Å². The van der Waals surface area contributed by atoms with Crippen LogP contribution in [0, 0.1) is 5.95 Å². The molecule has 0 aliphatic carbocycles. The Morgan fingerprint density at radius 1 is 0.850 bits per heavy atom. The van der Waals surface area contributed by atoms with E-state index < -0.39 is 29.6 Å². The lowest BCUT2D eigenvalue weighted by molar-refractivity contribution is -0.166. The zero-order valence-corrected chi connectivity index (χ0v) is 9.43. The molecule has 2 nitrogen and oxygen atoms in total. The van der Waals surface area contributed by atoms with Gasteiger partial charge in [0.25, 0.3) is 0 Å². The van der Waals surface area contributed by atoms with Crippen LogP contribution in [-0.4, -0.2) is 9.78 Å². The number of hydrogen-bond donors (Lipinski definition) is 0. The van der Waals surface area contributed by atoms with E-state index in [1.807, 2.05) is 0 Å². The molecule has 0 aliphatic rings. The molecule has 2 rings (SSSR count). The molecule has 0 atom stereocenters. The van der Waals surface area contributed by atoms with Crippen LogP contribution < -0.4 is 0 Å². The summed E-state index contributed by atoms with van der Waals surface area (Å²) in [7, 11) is 0. The van der Waals surface area contributed by atoms with Gasteiger partial charge in [0.05, 0.1) is 5.69 Å². The first-order valence-corrected chi connectivity index (χ1v) is 5.10. The molecule has 0 aliphatic heterocycles. The number of nitrogens with zero attached hydrogens (tertiary/aromatic N) is 2. The van der Waals surface area contributed by atoms with Gasteiger partial charge >= 0.3 is 12.4 Å². The predicted octanol–water partition coefficient (Wildman–Crippen LogP) is 4.05. The van der Waals surface area contributed by atoms with Gasteiger partial charge in [0, 0.05) is 0 Å². The normalized spacial score (nSPS) is 12.8. The number of alkyl halides is 6. The second-order valence-electron chi connectivity index (χ2n) is 3.76. The van der Waals surface area contributed by atoms with Crippen LogP contribution in [-0.2, 0) is 12.4 Å². The summed E-state index contributed by atoms with van der Waals surface area (Å²) in [5, 5.41) is 2.72. The summed E-state index contributed by atoms with van der Waals surface area (Å²) in [5.74, 6) is -2.21. The summed E-state index contributed by atoms with van der Waals surface area (Å²) >= 11 is 0. The van der Waals surface area contributed by atoms with Gasteiger partial charge in [0.15, 0.2) is 5.69 Å². The maximum atomic E-state index is 13.2. The monoisotopic (exact) mass is 298 g/mol. The molecule has 0 unspecified atom stereocenters. The molecule has 0 amide bonds. The number of para-hydroxylation sites is 1. The SMILES string of the molecule is Fc1nn(-c2ccccc2)c(C(F)(F)F)c1C(F)(F)F. The van der Waals surface area contributed by atoms with Gasteiger partial charge < -0.3 is 0 Å². The van der Waals surface area contributed by atoms with E-state index in [9.17, 15) is 30.7 Å². The fourth-order valence-corrected chi connectivity index (χ4v) is 1.66. The summed E-state index contributed by atoms with van der Waals surface area (Å²) in [6.07, 6.45) is -10.9. The predicted molar refractivity (Wildman–Crippen MR) is 53.5 cm³/mol. The van der Waals surface area contributed by atoms with Crippen molar-refractivity contribution < 1.29 is 30.7 Å². The van der Waals surface area contributed by atoms with E-state index in [1.54, 1.807) is 0 Å². The standard InChI is InChI=1S/C11H5F7N2/c12-9-7(10(13,14)15)8(11(16,17)18)20(19-9)6-4-2-1-3-5-6/h1-5H. The second-order valence-corrected chi connectivity index (χ2v) is 3.76. The Balaban J connectivity index is 2.78. The average molecular weight is 298 g/mol. The van der Waals surface area contributed by atoms with E-state index in [1.165, 1.54) is 18.2 Å². The molecule has 0 saturated heterocycles. The number of halogens is 7. The smallest absolute Gasteiger partial charge is 0.225 e. The van der Waals surface area contributed by atoms with Crippen LogP contribution in [0.25, 0.3) is 5.69 Å². The molecule has 0 saturated carbocycles. The summed E-state index contributed by atoms with van der Waals surface area (Å²) < 4.78 is 89.3. The highest BCUT2D eigenvalue weighted by molar-refractivity contribution is 5.37. The zero-order valence-electron chi connectivity index (χ0n) is 9.43. The fraction of sp³-hybridized carbons (Fsp3) is 0.182. The van der Waals surface area contributed by atoms with Gasteiger partial charge in [-0.05, 0) is 12.1 Å². The molecule has 1 heterocycles. The molecule has 0 bridgehead atoms. The molecule has 2 aromatic rings. The van der Waals surface area contributed by atoms with Crippen molar-refractivity contribution in [1.82, 2.24) is 9.78 Å². The topological polar surface area (TPSA) is 17.8 Å². The summed E-state index contributed by atoms with van der Waals surface area (Å²) in [6.45, 7) is 0. The number of aromatic nitrogens is 2. The first kappa shape index (κ1) is 14.4. The van der Waals surface area contributed by atoms with Gasteiger partial charge in [-0.3, -0.25) is 0 Å². The highest BCUT2D eigenvalue weighted by Crippen LogP contribution is 2.42. The minimum atomic E-state index is -5.50. The summed E-state index contributed by atoms with van der Waals surface area (Å²) in [6, 6.07) is 6.20. The maximum Gasteiger partial charge on any atom is 0.434 e. The second kappa shape index (κ2) is 4.50. The summed E-state index contributed by atoms with van der Waals surface area (Å²) in [4.78, 5) is 0. The van der Waals surface area contributed by atoms with Crippen molar-refractivity contribution in [1.29, 1.82) is 0 Å². The molecular weight excluding hydrogens is 293 g/mol. The highest BCUT2D eigenvalue weighted by Gasteiger charge is 2.50. The van der Waals surface area contributed by atoms with Crippen molar-refractivity contribution in [3.63, 3.8) is 0 Å². The van der Waals surface area contributed by atoms with E-state index in [4.69, 9.17) is 0 Å². The number of benzene rings is 1. The fourth-order valence-electron chi connectivity index (χ4n) is 1.66.